The molecule has 3 atom stereocenters. The maximum Gasteiger partial charge on any atom is 0.119 e. The van der Waals surface area contributed by atoms with Gasteiger partial charge >= 0.3 is 0 Å². The predicted octanol–water partition coefficient (Wildman–Crippen LogP) is 4.02. The van der Waals surface area contributed by atoms with E-state index in [1.807, 2.05) is 6.07 Å². The third-order valence-corrected chi connectivity index (χ3v) is 4.81. The molecule has 0 radical (unpaired) electrons. The SMILES string of the molecule is CCCNC(Cc1cc(OC)ccc1Br)C1CC1C. The van der Waals surface area contributed by atoms with E-state index < -0.39 is 0 Å². The van der Waals surface area contributed by atoms with Crippen molar-refractivity contribution in [3.8, 4) is 5.75 Å². The van der Waals surface area contributed by atoms with Gasteiger partial charge in [-0.1, -0.05) is 29.8 Å². The van der Waals surface area contributed by atoms with Gasteiger partial charge in [0, 0.05) is 10.5 Å². The van der Waals surface area contributed by atoms with Gasteiger partial charge in [-0.15, -0.1) is 0 Å². The summed E-state index contributed by atoms with van der Waals surface area (Å²) in [6.45, 7) is 5.68. The molecule has 0 spiro atoms. The zero-order valence-corrected chi connectivity index (χ0v) is 13.7. The zero-order valence-electron chi connectivity index (χ0n) is 12.1. The largest absolute Gasteiger partial charge is 0.497 e. The molecule has 19 heavy (non-hydrogen) atoms. The van der Waals surface area contributed by atoms with Crippen molar-refractivity contribution in [1.82, 2.24) is 5.32 Å². The fourth-order valence-electron chi connectivity index (χ4n) is 2.69. The Kier molecular flexibility index (Phi) is 5.28. The fraction of sp³-hybridized carbons (Fsp3) is 0.625. The molecule has 106 valence electrons. The lowest BCUT2D eigenvalue weighted by molar-refractivity contribution is 0.412. The van der Waals surface area contributed by atoms with Crippen LogP contribution >= 0.6 is 15.9 Å². The predicted molar refractivity (Wildman–Crippen MR) is 83.8 cm³/mol. The van der Waals surface area contributed by atoms with E-state index in [1.165, 1.54) is 22.9 Å². The van der Waals surface area contributed by atoms with Gasteiger partial charge in [0.15, 0.2) is 0 Å². The Labute approximate surface area is 125 Å². The van der Waals surface area contributed by atoms with Crippen LogP contribution in [0.4, 0.5) is 0 Å². The van der Waals surface area contributed by atoms with Crippen LogP contribution in [0.2, 0.25) is 0 Å². The highest BCUT2D eigenvalue weighted by Gasteiger charge is 2.39. The van der Waals surface area contributed by atoms with E-state index in [1.54, 1.807) is 7.11 Å². The van der Waals surface area contributed by atoms with Crippen molar-refractivity contribution < 1.29 is 4.74 Å². The zero-order chi connectivity index (χ0) is 13.8. The number of methoxy groups -OCH3 is 1. The monoisotopic (exact) mass is 325 g/mol. The number of hydrogen-bond acceptors (Lipinski definition) is 2. The molecule has 0 aromatic heterocycles. The van der Waals surface area contributed by atoms with Crippen LogP contribution < -0.4 is 10.1 Å². The second-order valence-corrected chi connectivity index (χ2v) is 6.45. The van der Waals surface area contributed by atoms with E-state index in [9.17, 15) is 0 Å². The third kappa shape index (κ3) is 3.96. The number of nitrogens with one attached hydrogen (secondary N) is 1. The minimum atomic E-state index is 0.596. The first-order valence-electron chi connectivity index (χ1n) is 7.21. The summed E-state index contributed by atoms with van der Waals surface area (Å²) in [6.07, 6.45) is 3.63. The van der Waals surface area contributed by atoms with Gasteiger partial charge in [0.25, 0.3) is 0 Å². The lowest BCUT2D eigenvalue weighted by Gasteiger charge is -2.20. The first kappa shape index (κ1) is 14.9. The van der Waals surface area contributed by atoms with Crippen molar-refractivity contribution in [2.75, 3.05) is 13.7 Å². The Morgan fingerprint density at radius 3 is 2.79 bits per heavy atom. The van der Waals surface area contributed by atoms with E-state index in [0.29, 0.717) is 6.04 Å². The minimum Gasteiger partial charge on any atom is -0.497 e. The van der Waals surface area contributed by atoms with Crippen LogP contribution in [0.25, 0.3) is 0 Å². The van der Waals surface area contributed by atoms with Gasteiger partial charge in [-0.2, -0.15) is 0 Å². The molecule has 1 saturated carbocycles. The average Bonchev–Trinajstić information content (AvgIpc) is 3.13. The van der Waals surface area contributed by atoms with E-state index in [4.69, 9.17) is 4.74 Å². The second-order valence-electron chi connectivity index (χ2n) is 5.60. The molecule has 1 aromatic rings. The maximum absolute atomic E-state index is 5.33. The smallest absolute Gasteiger partial charge is 0.119 e. The van der Waals surface area contributed by atoms with Crippen LogP contribution in [0.3, 0.4) is 0 Å². The molecule has 0 aliphatic heterocycles. The van der Waals surface area contributed by atoms with Gasteiger partial charge in [0.1, 0.15) is 5.75 Å². The van der Waals surface area contributed by atoms with Crippen LogP contribution in [0.5, 0.6) is 5.75 Å². The molecule has 2 nitrogen and oxygen atoms in total. The van der Waals surface area contributed by atoms with Crippen molar-refractivity contribution in [3.63, 3.8) is 0 Å². The standard InChI is InChI=1S/C16H24BrNO/c1-4-7-18-16(14-8-11(14)2)10-12-9-13(19-3)5-6-15(12)17/h5-6,9,11,14,16,18H,4,7-8,10H2,1-3H3. The summed E-state index contributed by atoms with van der Waals surface area (Å²) in [7, 11) is 1.72. The first-order chi connectivity index (χ1) is 9.15. The average molecular weight is 326 g/mol. The van der Waals surface area contributed by atoms with Gasteiger partial charge in [0.2, 0.25) is 0 Å². The summed E-state index contributed by atoms with van der Waals surface area (Å²) in [6, 6.07) is 6.83. The minimum absolute atomic E-state index is 0.596. The summed E-state index contributed by atoms with van der Waals surface area (Å²) in [4.78, 5) is 0. The third-order valence-electron chi connectivity index (χ3n) is 4.04. The van der Waals surface area contributed by atoms with Crippen molar-refractivity contribution >= 4 is 15.9 Å². The van der Waals surface area contributed by atoms with Crippen molar-refractivity contribution in [1.29, 1.82) is 0 Å². The van der Waals surface area contributed by atoms with Crippen molar-refractivity contribution in [2.24, 2.45) is 11.8 Å². The Morgan fingerprint density at radius 2 is 2.21 bits per heavy atom. The Bertz CT molecular complexity index is 421. The number of ether oxygens (including phenoxy) is 1. The van der Waals surface area contributed by atoms with Crippen LogP contribution in [0, 0.1) is 11.8 Å². The normalized spacial score (nSPS) is 23.2. The molecule has 1 N–H and O–H groups in total. The molecule has 1 aromatic carbocycles. The van der Waals surface area contributed by atoms with Gasteiger partial charge in [-0.3, -0.25) is 0 Å². The lowest BCUT2D eigenvalue weighted by Crippen LogP contribution is -2.34. The molecule has 1 fully saturated rings. The van der Waals surface area contributed by atoms with Gasteiger partial charge in [-0.25, -0.2) is 0 Å². The lowest BCUT2D eigenvalue weighted by atomic mass is 10.0. The van der Waals surface area contributed by atoms with Crippen LogP contribution in [0.15, 0.2) is 22.7 Å². The summed E-state index contributed by atoms with van der Waals surface area (Å²) in [5.74, 6) is 2.65. The van der Waals surface area contributed by atoms with Crippen molar-refractivity contribution in [3.05, 3.63) is 28.2 Å². The van der Waals surface area contributed by atoms with Crippen LogP contribution in [0.1, 0.15) is 32.3 Å². The molecule has 0 amide bonds. The second kappa shape index (κ2) is 6.76. The number of benzene rings is 1. The van der Waals surface area contributed by atoms with E-state index >= 15 is 0 Å². The summed E-state index contributed by atoms with van der Waals surface area (Å²) >= 11 is 3.66. The fourth-order valence-corrected chi connectivity index (χ4v) is 3.10. The van der Waals surface area contributed by atoms with Gasteiger partial charge in [0.05, 0.1) is 7.11 Å². The topological polar surface area (TPSA) is 21.3 Å². The van der Waals surface area contributed by atoms with Crippen LogP contribution in [-0.4, -0.2) is 19.7 Å². The molecular weight excluding hydrogens is 302 g/mol. The quantitative estimate of drug-likeness (QED) is 0.817. The molecule has 0 heterocycles. The molecule has 0 bridgehead atoms. The highest BCUT2D eigenvalue weighted by atomic mass is 79.9. The Hall–Kier alpha value is -0.540. The summed E-state index contributed by atoms with van der Waals surface area (Å²) in [5.41, 5.74) is 1.34. The molecule has 3 unspecified atom stereocenters. The summed E-state index contributed by atoms with van der Waals surface area (Å²) < 4.78 is 6.51. The maximum atomic E-state index is 5.33. The highest BCUT2D eigenvalue weighted by Crippen LogP contribution is 2.42. The summed E-state index contributed by atoms with van der Waals surface area (Å²) in [5, 5.41) is 3.71. The molecule has 1 aliphatic carbocycles. The molecular formula is C16H24BrNO. The molecule has 3 heteroatoms. The number of halogens is 1. The molecule has 1 aliphatic rings. The van der Waals surface area contributed by atoms with Gasteiger partial charge < -0.3 is 10.1 Å². The van der Waals surface area contributed by atoms with Crippen molar-refractivity contribution in [2.45, 2.75) is 39.2 Å². The number of hydrogen-bond donors (Lipinski definition) is 1. The molecule has 0 saturated heterocycles. The van der Waals surface area contributed by atoms with E-state index in [2.05, 4.69) is 47.2 Å². The Balaban J connectivity index is 2.07. The molecule has 2 rings (SSSR count). The van der Waals surface area contributed by atoms with Crippen LogP contribution in [-0.2, 0) is 6.42 Å². The van der Waals surface area contributed by atoms with E-state index in [-0.39, 0.29) is 0 Å². The van der Waals surface area contributed by atoms with E-state index in [0.717, 1.165) is 30.6 Å². The first-order valence-corrected chi connectivity index (χ1v) is 8.00. The number of rotatable bonds is 7. The highest BCUT2D eigenvalue weighted by molar-refractivity contribution is 9.10. The van der Waals surface area contributed by atoms with Gasteiger partial charge in [-0.05, 0) is 61.4 Å². The Morgan fingerprint density at radius 1 is 1.47 bits per heavy atom.